The number of fused-ring (bicyclic) bond motifs is 1. The minimum absolute atomic E-state index is 0.112. The second-order valence-corrected chi connectivity index (χ2v) is 8.23. The van der Waals surface area contributed by atoms with Crippen molar-refractivity contribution in [3.63, 3.8) is 0 Å². The molecule has 1 unspecified atom stereocenters. The summed E-state index contributed by atoms with van der Waals surface area (Å²) in [4.78, 5) is 22.2. The first kappa shape index (κ1) is 19.1. The van der Waals surface area contributed by atoms with E-state index in [-0.39, 0.29) is 17.7 Å². The highest BCUT2D eigenvalue weighted by Crippen LogP contribution is 2.31. The van der Waals surface area contributed by atoms with Crippen molar-refractivity contribution in [2.45, 2.75) is 12.8 Å². The summed E-state index contributed by atoms with van der Waals surface area (Å²) in [5.74, 6) is 0.341. The largest absolute Gasteiger partial charge is 0.492 e. The molecule has 10 nitrogen and oxygen atoms in total. The van der Waals surface area contributed by atoms with Crippen LogP contribution in [0.5, 0.6) is 5.75 Å². The highest BCUT2D eigenvalue weighted by Gasteiger charge is 2.27. The van der Waals surface area contributed by atoms with Crippen LogP contribution in [0.1, 0.15) is 28.9 Å². The molecule has 152 valence electrons. The lowest BCUT2D eigenvalue weighted by Gasteiger charge is -2.32. The first-order valence-electron chi connectivity index (χ1n) is 9.12. The highest BCUT2D eigenvalue weighted by atomic mass is 32.2. The van der Waals surface area contributed by atoms with Crippen LogP contribution in [0, 0.1) is 5.92 Å². The van der Waals surface area contributed by atoms with E-state index in [0.717, 1.165) is 12.8 Å². The number of nitrogens with one attached hydrogen (secondary N) is 1. The number of nitrogens with two attached hydrogens (primary N) is 1. The molecule has 29 heavy (non-hydrogen) atoms. The van der Waals surface area contributed by atoms with Gasteiger partial charge in [0.2, 0.25) is 0 Å². The smallest absolute Gasteiger partial charge is 0.344 e. The third-order valence-electron chi connectivity index (χ3n) is 4.82. The number of aromatic nitrogens is 2. The van der Waals surface area contributed by atoms with Crippen LogP contribution in [0.2, 0.25) is 0 Å². The summed E-state index contributed by atoms with van der Waals surface area (Å²) in [5.41, 5.74) is 6.97. The first-order chi connectivity index (χ1) is 13.9. The molecule has 0 saturated carbocycles. The first-order valence-corrected chi connectivity index (χ1v) is 10.6. The van der Waals surface area contributed by atoms with Crippen LogP contribution in [-0.4, -0.2) is 54.7 Å². The Hall–Kier alpha value is -3.21. The standard InChI is InChI=1S/C18H20N6O4S/c19-17-16-13(22-29(26,27)23-17)4-1-5-15(16)28-10-12-3-2-8-24(9-12)18(25)14-6-7-20-11-21-14/h1,4-7,11-12,22H,2-3,8-10H2,(H2,19,23). The maximum absolute atomic E-state index is 12.6. The quantitative estimate of drug-likeness (QED) is 0.750. The predicted molar refractivity (Wildman–Crippen MR) is 106 cm³/mol. The number of carbonyl (C=O) groups excluding carboxylic acids is 1. The molecule has 0 spiro atoms. The van der Waals surface area contributed by atoms with Crippen LogP contribution in [0.4, 0.5) is 5.69 Å². The lowest BCUT2D eigenvalue weighted by molar-refractivity contribution is 0.0627. The Morgan fingerprint density at radius 3 is 3.00 bits per heavy atom. The molecule has 2 aromatic rings. The number of rotatable bonds is 4. The summed E-state index contributed by atoms with van der Waals surface area (Å²) < 4.78 is 35.2. The van der Waals surface area contributed by atoms with Crippen molar-refractivity contribution in [3.8, 4) is 5.75 Å². The van der Waals surface area contributed by atoms with Gasteiger partial charge in [-0.15, -0.1) is 4.40 Å². The zero-order valence-corrected chi connectivity index (χ0v) is 16.3. The molecule has 2 aliphatic rings. The number of anilines is 1. The number of hydrogen-bond donors (Lipinski definition) is 2. The SMILES string of the molecule is NC1=NS(=O)(=O)Nc2cccc(OCC3CCCN(C(=O)c4ccncn4)C3)c21. The Labute approximate surface area is 168 Å². The third kappa shape index (κ3) is 4.14. The van der Waals surface area contributed by atoms with Gasteiger partial charge in [0.15, 0.2) is 5.84 Å². The van der Waals surface area contributed by atoms with E-state index in [0.29, 0.717) is 42.4 Å². The average molecular weight is 416 g/mol. The van der Waals surface area contributed by atoms with Gasteiger partial charge >= 0.3 is 10.2 Å². The molecule has 3 heterocycles. The van der Waals surface area contributed by atoms with Gasteiger partial charge in [0.05, 0.1) is 17.9 Å². The summed E-state index contributed by atoms with van der Waals surface area (Å²) in [5, 5.41) is 0. The molecule has 0 bridgehead atoms. The molecular formula is C18H20N6O4S. The summed E-state index contributed by atoms with van der Waals surface area (Å²) in [6, 6.07) is 6.60. The van der Waals surface area contributed by atoms with Gasteiger partial charge in [-0.2, -0.15) is 8.42 Å². The monoisotopic (exact) mass is 416 g/mol. The van der Waals surface area contributed by atoms with Crippen molar-refractivity contribution in [3.05, 3.63) is 48.0 Å². The average Bonchev–Trinajstić information content (AvgIpc) is 2.71. The van der Waals surface area contributed by atoms with Crippen LogP contribution >= 0.6 is 0 Å². The van der Waals surface area contributed by atoms with Gasteiger partial charge < -0.3 is 15.4 Å². The fourth-order valence-corrected chi connectivity index (χ4v) is 4.35. The molecule has 1 fully saturated rings. The molecule has 4 rings (SSSR count). The number of nitrogens with zero attached hydrogens (tertiary/aromatic N) is 4. The molecule has 0 radical (unpaired) electrons. The van der Waals surface area contributed by atoms with Crippen molar-refractivity contribution in [2.24, 2.45) is 16.0 Å². The van der Waals surface area contributed by atoms with Gasteiger partial charge in [0.25, 0.3) is 5.91 Å². The second kappa shape index (κ2) is 7.66. The molecule has 3 N–H and O–H groups in total. The minimum atomic E-state index is -3.84. The summed E-state index contributed by atoms with van der Waals surface area (Å²) >= 11 is 0. The minimum Gasteiger partial charge on any atom is -0.492 e. The van der Waals surface area contributed by atoms with Crippen LogP contribution in [-0.2, 0) is 10.2 Å². The van der Waals surface area contributed by atoms with Gasteiger partial charge in [-0.25, -0.2) is 9.97 Å². The highest BCUT2D eigenvalue weighted by molar-refractivity contribution is 7.91. The lowest BCUT2D eigenvalue weighted by Crippen LogP contribution is -2.42. The van der Waals surface area contributed by atoms with Gasteiger partial charge in [0, 0.05) is 25.2 Å². The molecule has 1 atom stereocenters. The maximum Gasteiger partial charge on any atom is 0.344 e. The van der Waals surface area contributed by atoms with E-state index in [2.05, 4.69) is 19.1 Å². The Morgan fingerprint density at radius 1 is 1.34 bits per heavy atom. The van der Waals surface area contributed by atoms with E-state index in [1.54, 1.807) is 35.4 Å². The summed E-state index contributed by atoms with van der Waals surface area (Å²) in [6.07, 6.45) is 4.68. The molecule has 1 saturated heterocycles. The number of amides is 1. The van der Waals surface area contributed by atoms with Crippen LogP contribution < -0.4 is 15.2 Å². The van der Waals surface area contributed by atoms with Gasteiger partial charge in [0.1, 0.15) is 17.8 Å². The van der Waals surface area contributed by atoms with Gasteiger partial charge in [-0.1, -0.05) is 6.07 Å². The predicted octanol–water partition coefficient (Wildman–Crippen LogP) is 0.783. The normalized spacial score (nSPS) is 20.2. The zero-order valence-electron chi connectivity index (χ0n) is 15.5. The molecule has 1 aromatic heterocycles. The van der Waals surface area contributed by atoms with Crippen LogP contribution in [0.25, 0.3) is 0 Å². The van der Waals surface area contributed by atoms with Gasteiger partial charge in [-0.3, -0.25) is 9.52 Å². The van der Waals surface area contributed by atoms with Crippen molar-refractivity contribution in [1.82, 2.24) is 14.9 Å². The fourth-order valence-electron chi connectivity index (χ4n) is 3.51. The van der Waals surface area contributed by atoms with Crippen molar-refractivity contribution in [2.75, 3.05) is 24.4 Å². The van der Waals surface area contributed by atoms with Gasteiger partial charge in [-0.05, 0) is 31.0 Å². The fraction of sp³-hybridized carbons (Fsp3) is 0.333. The second-order valence-electron chi connectivity index (χ2n) is 6.90. The molecule has 11 heteroatoms. The molecule has 1 aromatic carbocycles. The lowest BCUT2D eigenvalue weighted by atomic mass is 9.98. The number of likely N-dealkylation sites (tertiary alicyclic amines) is 1. The molecule has 1 amide bonds. The Balaban J connectivity index is 1.44. The number of benzene rings is 1. The van der Waals surface area contributed by atoms with Crippen molar-refractivity contribution in [1.29, 1.82) is 0 Å². The summed E-state index contributed by atoms with van der Waals surface area (Å²) in [6.45, 7) is 1.58. The van der Waals surface area contributed by atoms with Crippen molar-refractivity contribution < 1.29 is 17.9 Å². The van der Waals surface area contributed by atoms with Crippen LogP contribution in [0.3, 0.4) is 0 Å². The molecule has 0 aliphatic carbocycles. The van der Waals surface area contributed by atoms with E-state index in [9.17, 15) is 13.2 Å². The number of amidine groups is 1. The van der Waals surface area contributed by atoms with Crippen molar-refractivity contribution >= 4 is 27.6 Å². The third-order valence-corrected chi connectivity index (χ3v) is 5.74. The topological polar surface area (TPSA) is 140 Å². The van der Waals surface area contributed by atoms with E-state index in [1.165, 1.54) is 6.33 Å². The zero-order chi connectivity index (χ0) is 20.4. The van der Waals surface area contributed by atoms with E-state index >= 15 is 0 Å². The maximum atomic E-state index is 12.6. The molecular weight excluding hydrogens is 396 g/mol. The van der Waals surface area contributed by atoms with E-state index < -0.39 is 10.2 Å². The van der Waals surface area contributed by atoms with E-state index in [1.807, 2.05) is 0 Å². The van der Waals surface area contributed by atoms with E-state index in [4.69, 9.17) is 10.5 Å². The Kier molecular flexibility index (Phi) is 5.05. The van der Waals surface area contributed by atoms with Crippen LogP contribution in [0.15, 0.2) is 41.2 Å². The Bertz CT molecular complexity index is 1060. The number of hydrogen-bond acceptors (Lipinski definition) is 7. The Morgan fingerprint density at radius 2 is 2.21 bits per heavy atom. The summed E-state index contributed by atoms with van der Waals surface area (Å²) in [7, 11) is -3.84. The molecule has 2 aliphatic heterocycles. The number of ether oxygens (including phenoxy) is 1. The number of carbonyl (C=O) groups is 1. The number of piperidine rings is 1.